The second-order valence-electron chi connectivity index (χ2n) is 5.05. The predicted octanol–water partition coefficient (Wildman–Crippen LogP) is 4.46. The van der Waals surface area contributed by atoms with Crippen LogP contribution in [0.3, 0.4) is 0 Å². The molecule has 2 nitrogen and oxygen atoms in total. The molecule has 1 aromatic carbocycles. The molecule has 0 spiro atoms. The van der Waals surface area contributed by atoms with Crippen LogP contribution in [0.4, 0.5) is 0 Å². The Hall–Kier alpha value is -1.71. The van der Waals surface area contributed by atoms with E-state index in [4.69, 9.17) is 0 Å². The number of thiophene rings is 1. The maximum Gasteiger partial charge on any atom is 0.0705 e. The Morgan fingerprint density at radius 1 is 1.10 bits per heavy atom. The number of hydrogen-bond acceptors (Lipinski definition) is 3. The number of nitrogens with one attached hydrogen (secondary N) is 1. The van der Waals surface area contributed by atoms with E-state index in [-0.39, 0.29) is 0 Å². The van der Waals surface area contributed by atoms with Crippen LogP contribution in [0.5, 0.6) is 0 Å². The molecular weight excluding hydrogens is 264 g/mol. The van der Waals surface area contributed by atoms with Gasteiger partial charge in [-0.25, -0.2) is 0 Å². The third kappa shape index (κ3) is 2.89. The number of fused-ring (bicyclic) bond motifs is 1. The highest BCUT2D eigenvalue weighted by Gasteiger charge is 2.07. The lowest BCUT2D eigenvalue weighted by Gasteiger charge is -2.12. The van der Waals surface area contributed by atoms with Gasteiger partial charge in [0.2, 0.25) is 0 Å². The molecule has 3 rings (SSSR count). The summed E-state index contributed by atoms with van der Waals surface area (Å²) < 4.78 is 0. The molecular formula is C17H18N2S. The topological polar surface area (TPSA) is 24.9 Å². The van der Waals surface area contributed by atoms with Gasteiger partial charge in [-0.05, 0) is 38.1 Å². The molecule has 2 heterocycles. The summed E-state index contributed by atoms with van der Waals surface area (Å²) in [6.45, 7) is 5.14. The molecule has 3 heteroatoms. The summed E-state index contributed by atoms with van der Waals surface area (Å²) in [5, 5.41) is 4.73. The number of para-hydroxylation sites is 1. The molecule has 0 aliphatic rings. The molecule has 2 aromatic heterocycles. The predicted molar refractivity (Wildman–Crippen MR) is 86.1 cm³/mol. The Morgan fingerprint density at radius 3 is 2.75 bits per heavy atom. The molecule has 1 atom stereocenters. The molecule has 1 unspecified atom stereocenters. The summed E-state index contributed by atoms with van der Waals surface area (Å²) in [7, 11) is 0. The van der Waals surface area contributed by atoms with Crippen molar-refractivity contribution in [3.63, 3.8) is 0 Å². The van der Waals surface area contributed by atoms with Crippen LogP contribution in [0.1, 0.15) is 28.4 Å². The number of rotatable bonds is 4. The molecule has 0 aliphatic heterocycles. The van der Waals surface area contributed by atoms with E-state index in [2.05, 4.69) is 60.5 Å². The molecule has 0 radical (unpaired) electrons. The van der Waals surface area contributed by atoms with Crippen molar-refractivity contribution in [3.05, 3.63) is 64.0 Å². The van der Waals surface area contributed by atoms with Crippen LogP contribution in [0.25, 0.3) is 10.9 Å². The lowest BCUT2D eigenvalue weighted by molar-refractivity contribution is 0.576. The summed E-state index contributed by atoms with van der Waals surface area (Å²) >= 11 is 1.85. The average molecular weight is 282 g/mol. The number of aromatic nitrogens is 1. The van der Waals surface area contributed by atoms with Crippen LogP contribution in [-0.4, -0.2) is 4.98 Å². The number of hydrogen-bond donors (Lipinski definition) is 1. The second-order valence-corrected chi connectivity index (χ2v) is 6.37. The Morgan fingerprint density at radius 2 is 1.95 bits per heavy atom. The Balaban J connectivity index is 1.70. The molecule has 0 saturated carbocycles. The van der Waals surface area contributed by atoms with E-state index in [9.17, 15) is 0 Å². The maximum absolute atomic E-state index is 4.69. The van der Waals surface area contributed by atoms with Crippen molar-refractivity contribution in [2.45, 2.75) is 26.4 Å². The van der Waals surface area contributed by atoms with Crippen molar-refractivity contribution in [1.82, 2.24) is 10.3 Å². The first-order valence-electron chi connectivity index (χ1n) is 6.87. The van der Waals surface area contributed by atoms with Crippen molar-refractivity contribution in [1.29, 1.82) is 0 Å². The summed E-state index contributed by atoms with van der Waals surface area (Å²) in [4.78, 5) is 7.42. The fraction of sp³-hybridized carbons (Fsp3) is 0.235. The molecule has 0 bridgehead atoms. The van der Waals surface area contributed by atoms with Gasteiger partial charge in [0.05, 0.1) is 11.2 Å². The summed E-state index contributed by atoms with van der Waals surface area (Å²) in [5.74, 6) is 0. The van der Waals surface area contributed by atoms with Gasteiger partial charge in [0.25, 0.3) is 0 Å². The summed E-state index contributed by atoms with van der Waals surface area (Å²) in [6, 6.07) is 17.2. The van der Waals surface area contributed by atoms with Gasteiger partial charge < -0.3 is 5.32 Å². The largest absolute Gasteiger partial charge is 0.304 e. The van der Waals surface area contributed by atoms with Crippen molar-refractivity contribution in [3.8, 4) is 0 Å². The minimum absolute atomic E-state index is 0.363. The highest BCUT2D eigenvalue weighted by molar-refractivity contribution is 7.12. The fourth-order valence-corrected chi connectivity index (χ4v) is 3.16. The molecule has 0 saturated heterocycles. The molecule has 1 N–H and O–H groups in total. The van der Waals surface area contributed by atoms with E-state index in [0.29, 0.717) is 6.04 Å². The Bertz CT molecular complexity index is 718. The number of nitrogens with zero attached hydrogens (tertiary/aromatic N) is 1. The minimum Gasteiger partial charge on any atom is -0.304 e. The van der Waals surface area contributed by atoms with Gasteiger partial charge in [0.1, 0.15) is 0 Å². The first-order valence-corrected chi connectivity index (χ1v) is 7.68. The normalized spacial score (nSPS) is 12.7. The van der Waals surface area contributed by atoms with Gasteiger partial charge in [0, 0.05) is 27.7 Å². The van der Waals surface area contributed by atoms with E-state index in [1.165, 1.54) is 15.1 Å². The van der Waals surface area contributed by atoms with Crippen LogP contribution in [0.2, 0.25) is 0 Å². The van der Waals surface area contributed by atoms with Crippen molar-refractivity contribution in [2.75, 3.05) is 0 Å². The molecule has 102 valence electrons. The van der Waals surface area contributed by atoms with Crippen molar-refractivity contribution < 1.29 is 0 Å². The first kappa shape index (κ1) is 13.3. The second kappa shape index (κ2) is 5.73. The molecule has 20 heavy (non-hydrogen) atoms. The van der Waals surface area contributed by atoms with Crippen molar-refractivity contribution in [2.24, 2.45) is 0 Å². The Kier molecular flexibility index (Phi) is 3.81. The quantitative estimate of drug-likeness (QED) is 0.764. The van der Waals surface area contributed by atoms with E-state index in [1.807, 2.05) is 23.5 Å². The van der Waals surface area contributed by atoms with Crippen LogP contribution in [-0.2, 0) is 6.54 Å². The zero-order valence-electron chi connectivity index (χ0n) is 11.8. The van der Waals surface area contributed by atoms with Gasteiger partial charge in [-0.1, -0.05) is 24.3 Å². The van der Waals surface area contributed by atoms with Crippen LogP contribution >= 0.6 is 11.3 Å². The highest BCUT2D eigenvalue weighted by Crippen LogP contribution is 2.22. The van der Waals surface area contributed by atoms with Gasteiger partial charge in [-0.3, -0.25) is 4.98 Å². The van der Waals surface area contributed by atoms with E-state index in [1.54, 1.807) is 0 Å². The number of aryl methyl sites for hydroxylation is 1. The Labute approximate surface area is 123 Å². The zero-order chi connectivity index (χ0) is 13.9. The third-order valence-electron chi connectivity index (χ3n) is 3.43. The van der Waals surface area contributed by atoms with E-state index < -0.39 is 0 Å². The van der Waals surface area contributed by atoms with Gasteiger partial charge in [0.15, 0.2) is 0 Å². The molecule has 3 aromatic rings. The van der Waals surface area contributed by atoms with E-state index >= 15 is 0 Å². The van der Waals surface area contributed by atoms with Crippen LogP contribution in [0.15, 0.2) is 48.5 Å². The van der Waals surface area contributed by atoms with Crippen LogP contribution in [0, 0.1) is 6.92 Å². The first-order chi connectivity index (χ1) is 9.72. The SMILES string of the molecule is Cc1ccc(C(C)NCc2ccc3ccccc3n2)s1. The smallest absolute Gasteiger partial charge is 0.0705 e. The molecule has 0 aliphatic carbocycles. The summed E-state index contributed by atoms with van der Waals surface area (Å²) in [5.41, 5.74) is 2.15. The van der Waals surface area contributed by atoms with Gasteiger partial charge in [-0.15, -0.1) is 11.3 Å². The van der Waals surface area contributed by atoms with Crippen molar-refractivity contribution >= 4 is 22.2 Å². The standard InChI is InChI=1S/C17H18N2S/c1-12-7-10-17(20-12)13(2)18-11-15-9-8-14-5-3-4-6-16(14)19-15/h3-10,13,18H,11H2,1-2H3. The lowest BCUT2D eigenvalue weighted by Crippen LogP contribution is -2.17. The average Bonchev–Trinajstić information content (AvgIpc) is 2.91. The zero-order valence-corrected chi connectivity index (χ0v) is 12.6. The van der Waals surface area contributed by atoms with Gasteiger partial charge in [-0.2, -0.15) is 0 Å². The van der Waals surface area contributed by atoms with Gasteiger partial charge >= 0.3 is 0 Å². The minimum atomic E-state index is 0.363. The maximum atomic E-state index is 4.69. The van der Waals surface area contributed by atoms with E-state index in [0.717, 1.165) is 17.8 Å². The number of pyridine rings is 1. The van der Waals surface area contributed by atoms with Crippen LogP contribution < -0.4 is 5.32 Å². The molecule has 0 amide bonds. The number of benzene rings is 1. The lowest BCUT2D eigenvalue weighted by atomic mass is 10.2. The highest BCUT2D eigenvalue weighted by atomic mass is 32.1. The fourth-order valence-electron chi connectivity index (χ4n) is 2.25. The third-order valence-corrected chi connectivity index (χ3v) is 4.62. The monoisotopic (exact) mass is 282 g/mol. The molecule has 0 fully saturated rings. The summed E-state index contributed by atoms with van der Waals surface area (Å²) in [6.07, 6.45) is 0.